The first-order chi connectivity index (χ1) is 14.4. The minimum absolute atomic E-state index is 0.327. The molecule has 3 heteroatoms. The molecular weight excluding hydrogens is 262 g/mol. The Morgan fingerprint density at radius 3 is 1.62 bits per heavy atom. The lowest BCUT2D eigenvalue weighted by Gasteiger charge is -2.08. The van der Waals surface area contributed by atoms with Crippen molar-refractivity contribution in [1.29, 1.82) is 0 Å². The van der Waals surface area contributed by atoms with E-state index in [1.54, 1.807) is 0 Å². The summed E-state index contributed by atoms with van der Waals surface area (Å²) < 4.78 is 79.1. The van der Waals surface area contributed by atoms with Crippen LogP contribution in [0, 0.1) is 10.1 Å². The molecule has 0 aliphatic rings. The summed E-state index contributed by atoms with van der Waals surface area (Å²) in [5, 5.41) is 12.0. The van der Waals surface area contributed by atoms with Gasteiger partial charge in [-0.05, 0) is 23.3 Å². The molecular formula is C18H13NO2. The molecule has 0 unspecified atom stereocenters. The predicted molar refractivity (Wildman–Crippen MR) is 84.0 cm³/mol. The number of benzene rings is 3. The monoisotopic (exact) mass is 285 g/mol. The quantitative estimate of drug-likeness (QED) is 0.506. The topological polar surface area (TPSA) is 43.1 Å². The second-order valence-electron chi connectivity index (χ2n) is 3.96. The number of nitro groups is 1. The van der Waals surface area contributed by atoms with Crippen molar-refractivity contribution < 1.29 is 18.6 Å². The third-order valence-corrected chi connectivity index (χ3v) is 2.76. The van der Waals surface area contributed by atoms with E-state index in [0.717, 1.165) is 0 Å². The van der Waals surface area contributed by atoms with Crippen LogP contribution in [0.1, 0.15) is 13.7 Å². The molecule has 3 rings (SSSR count). The average Bonchev–Trinajstić information content (AvgIpc) is 2.73. The third-order valence-electron chi connectivity index (χ3n) is 2.76. The SMILES string of the molecule is [2H]c1c([2H])c([2H])c(-c2cccc(-c3c([2H])c([2H])c([2H])c([2H])c3[2H])c2[N+](=O)[O-])c([2H])c1[2H]. The maximum atomic E-state index is 12.0. The van der Waals surface area contributed by atoms with Crippen LogP contribution in [0.2, 0.25) is 0 Å². The Hall–Kier alpha value is -2.94. The van der Waals surface area contributed by atoms with Crippen molar-refractivity contribution in [3.05, 3.63) is 88.7 Å². The van der Waals surface area contributed by atoms with Crippen molar-refractivity contribution in [3.63, 3.8) is 0 Å². The van der Waals surface area contributed by atoms with Gasteiger partial charge in [0.05, 0.1) is 29.8 Å². The number of para-hydroxylation sites is 1. The Labute approximate surface area is 136 Å². The van der Waals surface area contributed by atoms with Gasteiger partial charge in [0.2, 0.25) is 0 Å². The van der Waals surface area contributed by atoms with E-state index in [9.17, 15) is 10.1 Å². The zero-order chi connectivity index (χ0) is 23.4. The van der Waals surface area contributed by atoms with Crippen molar-refractivity contribution in [2.24, 2.45) is 0 Å². The van der Waals surface area contributed by atoms with E-state index in [-0.39, 0.29) is 11.1 Å². The zero-order valence-electron chi connectivity index (χ0n) is 20.5. The van der Waals surface area contributed by atoms with E-state index in [1.807, 2.05) is 0 Å². The van der Waals surface area contributed by atoms with Crippen molar-refractivity contribution in [2.45, 2.75) is 0 Å². The molecule has 0 radical (unpaired) electrons. The first kappa shape index (κ1) is 5.82. The minimum Gasteiger partial charge on any atom is -0.258 e. The lowest BCUT2D eigenvalue weighted by atomic mass is 9.96. The molecule has 0 atom stereocenters. The Kier molecular flexibility index (Phi) is 1.55. The largest absolute Gasteiger partial charge is 0.284 e. The number of nitro benzene ring substituents is 1. The summed E-state index contributed by atoms with van der Waals surface area (Å²) in [6.07, 6.45) is 0. The highest BCUT2D eigenvalue weighted by Gasteiger charge is 2.21. The molecule has 0 aliphatic carbocycles. The van der Waals surface area contributed by atoms with Crippen molar-refractivity contribution >= 4 is 5.69 Å². The highest BCUT2D eigenvalue weighted by Crippen LogP contribution is 2.38. The third kappa shape index (κ3) is 2.54. The molecule has 3 nitrogen and oxygen atoms in total. The van der Waals surface area contributed by atoms with Gasteiger partial charge in [0.15, 0.2) is 0 Å². The fourth-order valence-electron chi connectivity index (χ4n) is 1.91. The second kappa shape index (κ2) is 5.59. The van der Waals surface area contributed by atoms with Crippen LogP contribution >= 0.6 is 0 Å². The highest BCUT2D eigenvalue weighted by atomic mass is 16.6. The summed E-state index contributed by atoms with van der Waals surface area (Å²) in [7, 11) is 0. The van der Waals surface area contributed by atoms with Crippen LogP contribution < -0.4 is 0 Å². The Bertz CT molecular complexity index is 1130. The lowest BCUT2D eigenvalue weighted by Crippen LogP contribution is -1.95. The molecule has 0 saturated heterocycles. The maximum Gasteiger partial charge on any atom is 0.284 e. The van der Waals surface area contributed by atoms with Crippen LogP contribution in [-0.2, 0) is 0 Å². The fraction of sp³-hybridized carbons (Fsp3) is 0. The van der Waals surface area contributed by atoms with Crippen molar-refractivity contribution in [1.82, 2.24) is 0 Å². The number of hydrogen-bond donors (Lipinski definition) is 0. The van der Waals surface area contributed by atoms with Gasteiger partial charge in [-0.2, -0.15) is 0 Å². The molecule has 3 aromatic rings. The predicted octanol–water partition coefficient (Wildman–Crippen LogP) is 4.93. The summed E-state index contributed by atoms with van der Waals surface area (Å²) in [5.74, 6) is 0. The van der Waals surface area contributed by atoms with Gasteiger partial charge in [-0.3, -0.25) is 10.1 Å². The summed E-state index contributed by atoms with van der Waals surface area (Å²) in [6.45, 7) is 0. The summed E-state index contributed by atoms with van der Waals surface area (Å²) in [5.41, 5.74) is -2.24. The first-order valence-corrected chi connectivity index (χ1v) is 5.83. The van der Waals surface area contributed by atoms with Gasteiger partial charge in [0, 0.05) is 0 Å². The second-order valence-corrected chi connectivity index (χ2v) is 3.96. The first-order valence-electron chi connectivity index (χ1n) is 10.8. The molecule has 0 amide bonds. The minimum atomic E-state index is -0.869. The molecule has 21 heavy (non-hydrogen) atoms. The molecule has 0 bridgehead atoms. The van der Waals surface area contributed by atoms with Crippen LogP contribution in [0.5, 0.6) is 0 Å². The van der Waals surface area contributed by atoms with Gasteiger partial charge in [-0.25, -0.2) is 0 Å². The van der Waals surface area contributed by atoms with Crippen LogP contribution in [0.15, 0.2) is 78.6 Å². The highest BCUT2D eigenvalue weighted by molar-refractivity contribution is 5.85. The Morgan fingerprint density at radius 1 is 0.810 bits per heavy atom. The van der Waals surface area contributed by atoms with Gasteiger partial charge < -0.3 is 0 Å². The van der Waals surface area contributed by atoms with E-state index in [0.29, 0.717) is 0 Å². The van der Waals surface area contributed by atoms with Gasteiger partial charge in [0.25, 0.3) is 5.69 Å². The Morgan fingerprint density at radius 2 is 1.24 bits per heavy atom. The normalized spacial score (nSPS) is 17.0. The smallest absolute Gasteiger partial charge is 0.258 e. The van der Waals surface area contributed by atoms with Gasteiger partial charge in [-0.1, -0.05) is 66.5 Å². The van der Waals surface area contributed by atoms with Crippen LogP contribution in [-0.4, -0.2) is 4.92 Å². The van der Waals surface area contributed by atoms with E-state index in [1.165, 1.54) is 18.2 Å². The number of rotatable bonds is 3. The molecule has 0 saturated carbocycles. The van der Waals surface area contributed by atoms with Gasteiger partial charge >= 0.3 is 0 Å². The van der Waals surface area contributed by atoms with E-state index in [4.69, 9.17) is 13.7 Å². The number of nitrogens with zero attached hydrogens (tertiary/aromatic N) is 1. The fourth-order valence-corrected chi connectivity index (χ4v) is 1.91. The maximum absolute atomic E-state index is 12.0. The average molecular weight is 285 g/mol. The zero-order valence-corrected chi connectivity index (χ0v) is 10.5. The lowest BCUT2D eigenvalue weighted by molar-refractivity contribution is -0.383. The van der Waals surface area contributed by atoms with Crippen LogP contribution in [0.25, 0.3) is 22.3 Å². The standard InChI is InChI=1S/C18H13NO2/c20-19(21)18-16(14-8-3-1-4-9-14)12-7-13-17(18)15-10-5-2-6-11-15/h1-13H/i1D,2D,3D,4D,5D,6D,8D,9D,10D,11D. The molecule has 0 fully saturated rings. The summed E-state index contributed by atoms with van der Waals surface area (Å²) in [6, 6.07) is -3.03. The van der Waals surface area contributed by atoms with Crippen molar-refractivity contribution in [2.75, 3.05) is 0 Å². The molecule has 102 valence electrons. The summed E-state index contributed by atoms with van der Waals surface area (Å²) >= 11 is 0. The molecule has 0 spiro atoms. The van der Waals surface area contributed by atoms with E-state index >= 15 is 0 Å². The number of hydrogen-bond acceptors (Lipinski definition) is 2. The Balaban J connectivity index is 2.51. The molecule has 0 aliphatic heterocycles. The molecule has 3 aromatic carbocycles. The van der Waals surface area contributed by atoms with Gasteiger partial charge in [-0.15, -0.1) is 0 Å². The van der Waals surface area contributed by atoms with E-state index in [2.05, 4.69) is 0 Å². The van der Waals surface area contributed by atoms with E-state index < -0.39 is 82.2 Å². The van der Waals surface area contributed by atoms with Crippen LogP contribution in [0.3, 0.4) is 0 Å². The van der Waals surface area contributed by atoms with Gasteiger partial charge in [0.1, 0.15) is 0 Å². The molecule has 0 N–H and O–H groups in total. The molecule has 0 heterocycles. The molecule has 0 aromatic heterocycles. The van der Waals surface area contributed by atoms with Crippen LogP contribution in [0.4, 0.5) is 5.69 Å². The summed E-state index contributed by atoms with van der Waals surface area (Å²) in [4.78, 5) is 11.1. The van der Waals surface area contributed by atoms with Crippen molar-refractivity contribution in [3.8, 4) is 22.3 Å².